The van der Waals surface area contributed by atoms with Crippen LogP contribution in [0.1, 0.15) is 61.3 Å². The highest BCUT2D eigenvalue weighted by Gasteiger charge is 2.49. The maximum atomic E-state index is 12.8. The summed E-state index contributed by atoms with van der Waals surface area (Å²) in [7, 11) is 0. The van der Waals surface area contributed by atoms with E-state index in [-0.39, 0.29) is 48.6 Å². The zero-order chi connectivity index (χ0) is 21.8. The number of rotatable bonds is 6. The predicted octanol–water partition coefficient (Wildman–Crippen LogP) is 2.20. The number of guanidine groups is 1. The van der Waals surface area contributed by atoms with Gasteiger partial charge in [0.15, 0.2) is 5.96 Å². The fraction of sp³-hybridized carbons (Fsp3) is 0.850. The van der Waals surface area contributed by atoms with E-state index >= 15 is 0 Å². The van der Waals surface area contributed by atoms with Gasteiger partial charge < -0.3 is 25.4 Å². The summed E-state index contributed by atoms with van der Waals surface area (Å²) < 4.78 is 11.6. The van der Waals surface area contributed by atoms with E-state index in [1.54, 1.807) is 4.90 Å². The van der Waals surface area contributed by atoms with E-state index in [0.717, 1.165) is 12.8 Å². The summed E-state index contributed by atoms with van der Waals surface area (Å²) in [6, 6.07) is 0.0679. The summed E-state index contributed by atoms with van der Waals surface area (Å²) in [5, 5.41) is 9.28. The maximum absolute atomic E-state index is 12.8. The van der Waals surface area contributed by atoms with Gasteiger partial charge in [0.2, 0.25) is 5.91 Å². The van der Waals surface area contributed by atoms with Gasteiger partial charge in [-0.05, 0) is 61.3 Å². The number of carbonyl (C=O) groups excluding carboxylic acids is 2. The summed E-state index contributed by atoms with van der Waals surface area (Å²) in [5.74, 6) is 0.443. The number of ether oxygens (including phenoxy) is 2. The topological polar surface area (TPSA) is 104 Å². The van der Waals surface area contributed by atoms with Crippen LogP contribution in [0.5, 0.6) is 0 Å². The molecule has 2 atom stereocenters. The number of amides is 2. The Bertz CT molecular complexity index is 631. The Morgan fingerprint density at radius 1 is 1.23 bits per heavy atom. The van der Waals surface area contributed by atoms with Crippen LogP contribution in [0.4, 0.5) is 4.79 Å². The summed E-state index contributed by atoms with van der Waals surface area (Å²) in [5.41, 5.74) is -1.38. The average Bonchev–Trinajstić information content (AvgIpc) is 3.33. The fourth-order valence-electron chi connectivity index (χ4n) is 3.32. The molecular weight excluding hydrogens is 501 g/mol. The third-order valence-electron chi connectivity index (χ3n) is 4.66. The second-order valence-corrected chi connectivity index (χ2v) is 9.11. The molecule has 0 aromatic carbocycles. The minimum absolute atomic E-state index is 0. The van der Waals surface area contributed by atoms with Gasteiger partial charge in [-0.1, -0.05) is 0 Å². The zero-order valence-electron chi connectivity index (χ0n) is 19.2. The van der Waals surface area contributed by atoms with Crippen LogP contribution in [0, 0.1) is 0 Å². The molecule has 2 amide bonds. The van der Waals surface area contributed by atoms with Crippen molar-refractivity contribution in [2.24, 2.45) is 4.99 Å². The van der Waals surface area contributed by atoms with Crippen molar-refractivity contribution >= 4 is 41.9 Å². The Morgan fingerprint density at radius 2 is 1.87 bits per heavy atom. The normalized spacial score (nSPS) is 23.4. The highest BCUT2D eigenvalue weighted by molar-refractivity contribution is 14.0. The minimum atomic E-state index is -0.784. The molecule has 2 fully saturated rings. The first-order valence-corrected chi connectivity index (χ1v) is 10.4. The van der Waals surface area contributed by atoms with E-state index in [9.17, 15) is 9.59 Å². The van der Waals surface area contributed by atoms with Crippen LogP contribution in [0.3, 0.4) is 0 Å². The molecule has 0 aromatic heterocycles. The summed E-state index contributed by atoms with van der Waals surface area (Å²) in [6.07, 6.45) is 1.49. The lowest BCUT2D eigenvalue weighted by Gasteiger charge is -2.35. The molecule has 0 bridgehead atoms. The SMILES string of the molecule is CCNC(=NCC(=O)NC1CC1)NCC1C(C)OC(C)(C)N1C(=O)OC(C)(C)C.I. The van der Waals surface area contributed by atoms with Crippen molar-refractivity contribution in [1.29, 1.82) is 0 Å². The van der Waals surface area contributed by atoms with Crippen LogP contribution in [0.15, 0.2) is 4.99 Å². The molecule has 1 aliphatic heterocycles. The van der Waals surface area contributed by atoms with Gasteiger partial charge in [0.25, 0.3) is 0 Å². The molecular formula is C20H38IN5O4. The minimum Gasteiger partial charge on any atom is -0.444 e. The molecule has 0 spiro atoms. The standard InChI is InChI=1S/C20H37N5O4.HI/c1-8-21-17(23-12-16(26)24-14-9-10-14)22-11-15-13(2)28-20(6,7)25(15)18(27)29-19(3,4)5;/h13-15H,8-12H2,1-7H3,(H,24,26)(H2,21,22,23);1H. The van der Waals surface area contributed by atoms with Crippen LogP contribution in [0.25, 0.3) is 0 Å². The van der Waals surface area contributed by atoms with Crippen molar-refractivity contribution in [2.75, 3.05) is 19.6 Å². The van der Waals surface area contributed by atoms with E-state index in [0.29, 0.717) is 25.1 Å². The Balaban J connectivity index is 0.00000450. The molecule has 0 aromatic rings. The second kappa shape index (κ2) is 10.8. The van der Waals surface area contributed by atoms with Crippen molar-refractivity contribution in [3.8, 4) is 0 Å². The summed E-state index contributed by atoms with van der Waals surface area (Å²) in [6.45, 7) is 14.3. The van der Waals surface area contributed by atoms with Gasteiger partial charge in [-0.2, -0.15) is 0 Å². The smallest absolute Gasteiger partial charge is 0.412 e. The Morgan fingerprint density at radius 3 is 2.40 bits per heavy atom. The highest BCUT2D eigenvalue weighted by Crippen LogP contribution is 2.33. The molecule has 1 saturated heterocycles. The van der Waals surface area contributed by atoms with Crippen LogP contribution >= 0.6 is 24.0 Å². The Kier molecular flexibility index (Phi) is 9.65. The molecule has 10 heteroatoms. The van der Waals surface area contributed by atoms with Crippen molar-refractivity contribution < 1.29 is 19.1 Å². The van der Waals surface area contributed by atoms with Gasteiger partial charge in [-0.25, -0.2) is 9.79 Å². The van der Waals surface area contributed by atoms with E-state index in [4.69, 9.17) is 9.47 Å². The van der Waals surface area contributed by atoms with E-state index in [1.807, 2.05) is 48.5 Å². The van der Waals surface area contributed by atoms with Crippen LogP contribution in [-0.2, 0) is 14.3 Å². The molecule has 2 rings (SSSR count). The number of carbonyl (C=O) groups is 2. The highest BCUT2D eigenvalue weighted by atomic mass is 127. The molecule has 2 aliphatic rings. The van der Waals surface area contributed by atoms with Crippen LogP contribution in [0.2, 0.25) is 0 Å². The van der Waals surface area contributed by atoms with E-state index in [1.165, 1.54) is 0 Å². The molecule has 0 radical (unpaired) electrons. The number of halogens is 1. The average molecular weight is 539 g/mol. The van der Waals surface area contributed by atoms with Crippen molar-refractivity contribution in [1.82, 2.24) is 20.9 Å². The van der Waals surface area contributed by atoms with E-state index in [2.05, 4.69) is 20.9 Å². The first kappa shape index (κ1) is 26.7. The molecule has 174 valence electrons. The molecule has 1 saturated carbocycles. The molecule has 2 unspecified atom stereocenters. The second-order valence-electron chi connectivity index (χ2n) is 9.11. The van der Waals surface area contributed by atoms with Crippen LogP contribution < -0.4 is 16.0 Å². The first-order chi connectivity index (χ1) is 13.4. The van der Waals surface area contributed by atoms with Crippen molar-refractivity contribution in [2.45, 2.75) is 90.8 Å². The molecule has 1 heterocycles. The van der Waals surface area contributed by atoms with Gasteiger partial charge in [0, 0.05) is 19.1 Å². The third-order valence-corrected chi connectivity index (χ3v) is 4.66. The number of nitrogens with one attached hydrogen (secondary N) is 3. The largest absolute Gasteiger partial charge is 0.444 e. The molecule has 30 heavy (non-hydrogen) atoms. The molecule has 1 aliphatic carbocycles. The van der Waals surface area contributed by atoms with Gasteiger partial charge in [-0.3, -0.25) is 9.69 Å². The number of hydrogen-bond acceptors (Lipinski definition) is 5. The van der Waals surface area contributed by atoms with Gasteiger partial charge in [0.1, 0.15) is 17.9 Å². The summed E-state index contributed by atoms with van der Waals surface area (Å²) in [4.78, 5) is 30.7. The monoisotopic (exact) mass is 539 g/mol. The Labute approximate surface area is 197 Å². The van der Waals surface area contributed by atoms with Crippen LogP contribution in [-0.4, -0.2) is 72.0 Å². The molecule has 9 nitrogen and oxygen atoms in total. The van der Waals surface area contributed by atoms with Gasteiger partial charge >= 0.3 is 6.09 Å². The lowest BCUT2D eigenvalue weighted by atomic mass is 10.1. The quantitative estimate of drug-likeness (QED) is 0.272. The fourth-order valence-corrected chi connectivity index (χ4v) is 3.32. The predicted molar refractivity (Wildman–Crippen MR) is 127 cm³/mol. The van der Waals surface area contributed by atoms with Gasteiger partial charge in [0.05, 0.1) is 12.1 Å². The molecule has 3 N–H and O–H groups in total. The zero-order valence-corrected chi connectivity index (χ0v) is 21.5. The van der Waals surface area contributed by atoms with E-state index < -0.39 is 17.4 Å². The van der Waals surface area contributed by atoms with Gasteiger partial charge in [-0.15, -0.1) is 24.0 Å². The lowest BCUT2D eigenvalue weighted by molar-refractivity contribution is -0.119. The number of aliphatic imine (C=N–C) groups is 1. The Hall–Kier alpha value is -1.30. The number of hydrogen-bond donors (Lipinski definition) is 3. The number of nitrogens with zero attached hydrogens (tertiary/aromatic N) is 2. The first-order valence-electron chi connectivity index (χ1n) is 10.4. The maximum Gasteiger partial charge on any atom is 0.412 e. The third kappa shape index (κ3) is 8.09. The summed E-state index contributed by atoms with van der Waals surface area (Å²) >= 11 is 0. The lowest BCUT2D eigenvalue weighted by Crippen LogP contribution is -2.54. The van der Waals surface area contributed by atoms with Crippen molar-refractivity contribution in [3.63, 3.8) is 0 Å². The van der Waals surface area contributed by atoms with Crippen molar-refractivity contribution in [3.05, 3.63) is 0 Å².